The van der Waals surface area contributed by atoms with Gasteiger partial charge < -0.3 is 4.74 Å². The Morgan fingerprint density at radius 1 is 1.60 bits per heavy atom. The van der Waals surface area contributed by atoms with Crippen molar-refractivity contribution in [3.63, 3.8) is 0 Å². The van der Waals surface area contributed by atoms with E-state index in [1.165, 1.54) is 11.3 Å². The van der Waals surface area contributed by atoms with Gasteiger partial charge in [-0.3, -0.25) is 0 Å². The van der Waals surface area contributed by atoms with E-state index in [0.717, 1.165) is 21.5 Å². The summed E-state index contributed by atoms with van der Waals surface area (Å²) in [5.74, 6) is 0.825. The van der Waals surface area contributed by atoms with E-state index in [1.54, 1.807) is 0 Å². The maximum Gasteiger partial charge on any atom is 0.184 e. The summed E-state index contributed by atoms with van der Waals surface area (Å²) in [7, 11) is 0. The third-order valence-corrected chi connectivity index (χ3v) is 2.94. The van der Waals surface area contributed by atoms with Crippen LogP contribution in [0, 0.1) is 0 Å². The van der Waals surface area contributed by atoms with Gasteiger partial charge in [-0.1, -0.05) is 18.2 Å². The molecule has 0 radical (unpaired) electrons. The van der Waals surface area contributed by atoms with Gasteiger partial charge in [0.25, 0.3) is 0 Å². The van der Waals surface area contributed by atoms with Crippen molar-refractivity contribution in [3.8, 4) is 5.75 Å². The van der Waals surface area contributed by atoms with E-state index in [1.807, 2.05) is 25.1 Å². The number of halogens is 1. The lowest BCUT2D eigenvalue weighted by atomic mass is 10.3. The Labute approximate surface area is 97.2 Å². The summed E-state index contributed by atoms with van der Waals surface area (Å²) >= 11 is 7.27. The highest BCUT2D eigenvalue weighted by molar-refractivity contribution is 7.22. The smallest absolute Gasteiger partial charge is 0.184 e. The molecule has 15 heavy (non-hydrogen) atoms. The first kappa shape index (κ1) is 10.5. The summed E-state index contributed by atoms with van der Waals surface area (Å²) in [5, 5.41) is 0. The largest absolute Gasteiger partial charge is 0.489 e. The van der Waals surface area contributed by atoms with Crippen LogP contribution in [0.5, 0.6) is 5.75 Å². The molecule has 0 saturated carbocycles. The Hall–Kier alpha value is -1.06. The predicted octanol–water partition coefficient (Wildman–Crippen LogP) is 3.90. The molecule has 2 nitrogen and oxygen atoms in total. The first-order valence-electron chi connectivity index (χ1n) is 4.48. The topological polar surface area (TPSA) is 22.1 Å². The summed E-state index contributed by atoms with van der Waals surface area (Å²) in [4.78, 5) is 4.16. The van der Waals surface area contributed by atoms with Gasteiger partial charge >= 0.3 is 0 Å². The molecule has 0 aliphatic carbocycles. The van der Waals surface area contributed by atoms with E-state index in [9.17, 15) is 0 Å². The number of ether oxygens (including phenoxy) is 1. The second-order valence-corrected chi connectivity index (χ2v) is 4.95. The Morgan fingerprint density at radius 2 is 2.40 bits per heavy atom. The van der Waals surface area contributed by atoms with Crippen LogP contribution >= 0.6 is 22.9 Å². The fraction of sp³-hybridized carbons (Fsp3) is 0.182. The Morgan fingerprint density at radius 3 is 3.13 bits per heavy atom. The third kappa shape index (κ3) is 2.49. The van der Waals surface area contributed by atoms with Crippen molar-refractivity contribution >= 4 is 33.2 Å². The number of aromatic nitrogens is 1. The van der Waals surface area contributed by atoms with Crippen LogP contribution in [0.4, 0.5) is 0 Å². The van der Waals surface area contributed by atoms with E-state index in [-0.39, 0.29) is 0 Å². The van der Waals surface area contributed by atoms with Crippen molar-refractivity contribution in [1.29, 1.82) is 0 Å². The van der Waals surface area contributed by atoms with Crippen molar-refractivity contribution < 1.29 is 4.74 Å². The van der Waals surface area contributed by atoms with Crippen LogP contribution in [0.3, 0.4) is 0 Å². The van der Waals surface area contributed by atoms with Crippen LogP contribution in [-0.4, -0.2) is 11.6 Å². The lowest BCUT2D eigenvalue weighted by molar-refractivity contribution is 0.353. The molecular weight excluding hydrogens is 230 g/mol. The predicted molar refractivity (Wildman–Crippen MR) is 64.9 cm³/mol. The van der Waals surface area contributed by atoms with Gasteiger partial charge in [0.1, 0.15) is 12.4 Å². The van der Waals surface area contributed by atoms with Crippen LogP contribution in [0.2, 0.25) is 4.47 Å². The lowest BCUT2D eigenvalue weighted by Crippen LogP contribution is -1.96. The number of hydrogen-bond acceptors (Lipinski definition) is 3. The maximum atomic E-state index is 5.82. The molecule has 0 atom stereocenters. The number of benzene rings is 1. The molecule has 1 aromatic carbocycles. The fourth-order valence-electron chi connectivity index (χ4n) is 1.17. The second kappa shape index (κ2) is 4.21. The average molecular weight is 240 g/mol. The minimum Gasteiger partial charge on any atom is -0.489 e. The maximum absolute atomic E-state index is 5.82. The van der Waals surface area contributed by atoms with E-state index < -0.39 is 0 Å². The highest BCUT2D eigenvalue weighted by Gasteiger charge is 2.03. The van der Waals surface area contributed by atoms with Crippen LogP contribution < -0.4 is 4.74 Å². The van der Waals surface area contributed by atoms with Crippen molar-refractivity contribution in [2.24, 2.45) is 0 Å². The molecule has 2 rings (SSSR count). The summed E-state index contributed by atoms with van der Waals surface area (Å²) in [6, 6.07) is 5.74. The van der Waals surface area contributed by atoms with E-state index in [0.29, 0.717) is 11.1 Å². The van der Waals surface area contributed by atoms with Gasteiger partial charge in [0.15, 0.2) is 4.47 Å². The van der Waals surface area contributed by atoms with Gasteiger partial charge in [0.05, 0.1) is 10.2 Å². The molecular formula is C11H10ClNOS. The average Bonchev–Trinajstić information content (AvgIpc) is 2.53. The molecule has 4 heteroatoms. The van der Waals surface area contributed by atoms with Gasteiger partial charge in [-0.05, 0) is 30.7 Å². The number of rotatable bonds is 3. The summed E-state index contributed by atoms with van der Waals surface area (Å²) in [6.07, 6.45) is 0. The fourth-order valence-corrected chi connectivity index (χ4v) is 2.23. The Bertz CT molecular complexity index is 506. The molecule has 0 N–H and O–H groups in total. The van der Waals surface area contributed by atoms with Gasteiger partial charge in [-0.25, -0.2) is 4.98 Å². The van der Waals surface area contributed by atoms with Crippen LogP contribution in [0.25, 0.3) is 10.2 Å². The zero-order valence-electron chi connectivity index (χ0n) is 8.29. The van der Waals surface area contributed by atoms with Crippen LogP contribution in [-0.2, 0) is 0 Å². The van der Waals surface area contributed by atoms with Crippen LogP contribution in [0.1, 0.15) is 6.92 Å². The first-order valence-corrected chi connectivity index (χ1v) is 5.68. The quantitative estimate of drug-likeness (QED) is 0.758. The van der Waals surface area contributed by atoms with Crippen molar-refractivity contribution in [1.82, 2.24) is 4.98 Å². The van der Waals surface area contributed by atoms with E-state index in [2.05, 4.69) is 11.6 Å². The SMILES string of the molecule is C=C(C)COc1ccc2nc(Cl)sc2c1. The molecule has 0 aliphatic heterocycles. The highest BCUT2D eigenvalue weighted by atomic mass is 35.5. The molecule has 0 saturated heterocycles. The lowest BCUT2D eigenvalue weighted by Gasteiger charge is -2.04. The van der Waals surface area contributed by atoms with E-state index >= 15 is 0 Å². The second-order valence-electron chi connectivity index (χ2n) is 3.34. The molecule has 0 spiro atoms. The zero-order valence-corrected chi connectivity index (χ0v) is 9.86. The van der Waals surface area contributed by atoms with Crippen molar-refractivity contribution in [3.05, 3.63) is 34.8 Å². The Balaban J connectivity index is 2.26. The molecule has 0 fully saturated rings. The van der Waals surface area contributed by atoms with E-state index in [4.69, 9.17) is 16.3 Å². The summed E-state index contributed by atoms with van der Waals surface area (Å²) < 4.78 is 7.12. The first-order chi connectivity index (χ1) is 7.15. The van der Waals surface area contributed by atoms with Gasteiger partial charge in [-0.15, -0.1) is 11.3 Å². The number of nitrogens with zero attached hydrogens (tertiary/aromatic N) is 1. The number of fused-ring (bicyclic) bond motifs is 1. The molecule has 0 bridgehead atoms. The number of thiazole rings is 1. The summed E-state index contributed by atoms with van der Waals surface area (Å²) in [6.45, 7) is 6.25. The molecule has 0 unspecified atom stereocenters. The molecule has 0 aliphatic rings. The minimum absolute atomic E-state index is 0.540. The molecule has 2 aromatic rings. The molecule has 78 valence electrons. The van der Waals surface area contributed by atoms with Gasteiger partial charge in [0, 0.05) is 0 Å². The van der Waals surface area contributed by atoms with Gasteiger partial charge in [-0.2, -0.15) is 0 Å². The normalized spacial score (nSPS) is 10.5. The minimum atomic E-state index is 0.540. The number of hydrogen-bond donors (Lipinski definition) is 0. The standard InChI is InChI=1S/C11H10ClNOS/c1-7(2)6-14-8-3-4-9-10(5-8)15-11(12)13-9/h3-5H,1,6H2,2H3. The molecule has 1 aromatic heterocycles. The highest BCUT2D eigenvalue weighted by Crippen LogP contribution is 2.28. The monoisotopic (exact) mass is 239 g/mol. The summed E-state index contributed by atoms with van der Waals surface area (Å²) in [5.41, 5.74) is 1.91. The van der Waals surface area contributed by atoms with Crippen molar-refractivity contribution in [2.45, 2.75) is 6.92 Å². The van der Waals surface area contributed by atoms with Gasteiger partial charge in [0.2, 0.25) is 0 Å². The van der Waals surface area contributed by atoms with Crippen molar-refractivity contribution in [2.75, 3.05) is 6.61 Å². The molecule has 0 amide bonds. The third-order valence-electron chi connectivity index (χ3n) is 1.82. The zero-order chi connectivity index (χ0) is 10.8. The Kier molecular flexibility index (Phi) is 2.93. The molecule has 1 heterocycles. The van der Waals surface area contributed by atoms with Crippen LogP contribution in [0.15, 0.2) is 30.4 Å².